The lowest BCUT2D eigenvalue weighted by Crippen LogP contribution is -2.49. The van der Waals surface area contributed by atoms with E-state index in [-0.39, 0.29) is 11.4 Å². The van der Waals surface area contributed by atoms with Gasteiger partial charge in [-0.25, -0.2) is 0 Å². The fraction of sp³-hybridized carbons (Fsp3) is 0.208. The number of ether oxygens (including phenoxy) is 2. The van der Waals surface area contributed by atoms with Crippen molar-refractivity contribution in [3.63, 3.8) is 0 Å². The van der Waals surface area contributed by atoms with Crippen LogP contribution in [0.2, 0.25) is 0 Å². The first-order valence-electron chi connectivity index (χ1n) is 9.84. The topological polar surface area (TPSA) is 71.6 Å². The summed E-state index contributed by atoms with van der Waals surface area (Å²) >= 11 is 0. The maximum atomic E-state index is 12.7. The van der Waals surface area contributed by atoms with Gasteiger partial charge in [-0.3, -0.25) is 4.79 Å². The molecule has 3 aromatic rings. The summed E-state index contributed by atoms with van der Waals surface area (Å²) in [5.74, 6) is 1.24. The molecule has 0 aromatic heterocycles. The molecule has 0 radical (unpaired) electrons. The summed E-state index contributed by atoms with van der Waals surface area (Å²) in [6.45, 7) is 3.29. The number of carbonyl (C=O) groups is 1. The van der Waals surface area contributed by atoms with Gasteiger partial charge in [0.05, 0.1) is 18.3 Å². The molecule has 1 heterocycles. The van der Waals surface area contributed by atoms with E-state index in [0.717, 1.165) is 17.1 Å². The molecular weight excluding hydrogens is 378 g/mol. The Hall–Kier alpha value is -3.67. The minimum absolute atomic E-state index is 0.192. The van der Waals surface area contributed by atoms with Crippen LogP contribution in [0.4, 0.5) is 17.1 Å². The molecule has 0 aliphatic carbocycles. The van der Waals surface area contributed by atoms with Gasteiger partial charge in [0.15, 0.2) is 0 Å². The van der Waals surface area contributed by atoms with Gasteiger partial charge in [0.2, 0.25) is 0 Å². The minimum Gasteiger partial charge on any atom is -0.497 e. The zero-order valence-corrected chi connectivity index (χ0v) is 17.1. The highest BCUT2D eigenvalue weighted by molar-refractivity contribution is 6.05. The monoisotopic (exact) mass is 403 g/mol. The van der Waals surface area contributed by atoms with E-state index in [1.807, 2.05) is 60.7 Å². The van der Waals surface area contributed by atoms with Crippen molar-refractivity contribution in [1.29, 1.82) is 0 Å². The van der Waals surface area contributed by atoms with Crippen molar-refractivity contribution in [2.45, 2.75) is 12.5 Å². The predicted molar refractivity (Wildman–Crippen MR) is 120 cm³/mol. The van der Waals surface area contributed by atoms with Gasteiger partial charge in [0, 0.05) is 29.5 Å². The van der Waals surface area contributed by atoms with Crippen molar-refractivity contribution < 1.29 is 14.3 Å². The molecule has 154 valence electrons. The molecule has 6 heteroatoms. The van der Waals surface area contributed by atoms with Crippen molar-refractivity contribution >= 4 is 23.0 Å². The van der Waals surface area contributed by atoms with Gasteiger partial charge in [-0.2, -0.15) is 0 Å². The Morgan fingerprint density at radius 2 is 1.87 bits per heavy atom. The van der Waals surface area contributed by atoms with E-state index in [1.165, 1.54) is 0 Å². The second-order valence-corrected chi connectivity index (χ2v) is 7.59. The van der Waals surface area contributed by atoms with Crippen LogP contribution >= 0.6 is 0 Å². The van der Waals surface area contributed by atoms with Crippen LogP contribution in [0.15, 0.2) is 72.8 Å². The highest BCUT2D eigenvalue weighted by atomic mass is 16.5. The van der Waals surface area contributed by atoms with Gasteiger partial charge >= 0.3 is 0 Å². The fourth-order valence-electron chi connectivity index (χ4n) is 3.35. The molecule has 6 nitrogen and oxygen atoms in total. The van der Waals surface area contributed by atoms with Gasteiger partial charge < -0.3 is 25.4 Å². The van der Waals surface area contributed by atoms with Crippen molar-refractivity contribution in [3.8, 4) is 11.5 Å². The third-order valence-electron chi connectivity index (χ3n) is 5.01. The number of amides is 1. The van der Waals surface area contributed by atoms with Gasteiger partial charge in [-0.15, -0.1) is 0 Å². The molecule has 4 rings (SSSR count). The summed E-state index contributed by atoms with van der Waals surface area (Å²) in [5, 5.41) is 9.87. The fourth-order valence-corrected chi connectivity index (χ4v) is 3.35. The Bertz CT molecular complexity index is 1040. The number of benzene rings is 3. The Balaban J connectivity index is 1.46. The largest absolute Gasteiger partial charge is 0.497 e. The minimum atomic E-state index is -0.315. The zero-order valence-electron chi connectivity index (χ0n) is 17.1. The summed E-state index contributed by atoms with van der Waals surface area (Å²) in [5.41, 5.74) is 2.77. The van der Waals surface area contributed by atoms with E-state index >= 15 is 0 Å². The molecule has 3 aromatic carbocycles. The number of rotatable bonds is 6. The molecule has 0 spiro atoms. The first kappa shape index (κ1) is 19.6. The van der Waals surface area contributed by atoms with E-state index in [0.29, 0.717) is 30.2 Å². The smallest absolute Gasteiger partial charge is 0.255 e. The Kier molecular flexibility index (Phi) is 5.48. The second-order valence-electron chi connectivity index (χ2n) is 7.59. The number of carbonyl (C=O) groups excluding carboxylic acids is 1. The Morgan fingerprint density at radius 3 is 2.67 bits per heavy atom. The maximum absolute atomic E-state index is 12.7. The van der Waals surface area contributed by atoms with Crippen molar-refractivity contribution in [2.24, 2.45) is 0 Å². The van der Waals surface area contributed by atoms with Crippen LogP contribution in [0.5, 0.6) is 11.5 Å². The maximum Gasteiger partial charge on any atom is 0.255 e. The second kappa shape index (κ2) is 8.37. The van der Waals surface area contributed by atoms with Gasteiger partial charge in [0.1, 0.15) is 18.1 Å². The Labute approximate surface area is 176 Å². The number of nitrogens with one attached hydrogen (secondary N) is 3. The molecule has 1 amide bonds. The van der Waals surface area contributed by atoms with Crippen LogP contribution in [0, 0.1) is 0 Å². The van der Waals surface area contributed by atoms with E-state index in [4.69, 9.17) is 9.47 Å². The number of hydrogen-bond acceptors (Lipinski definition) is 5. The number of fused-ring (bicyclic) bond motifs is 1. The molecule has 1 aliphatic rings. The zero-order chi connectivity index (χ0) is 21.0. The quantitative estimate of drug-likeness (QED) is 0.560. The predicted octanol–water partition coefficient (Wildman–Crippen LogP) is 4.62. The lowest BCUT2D eigenvalue weighted by molar-refractivity contribution is 0.102. The van der Waals surface area contributed by atoms with Gasteiger partial charge in [-0.05, 0) is 49.4 Å². The van der Waals surface area contributed by atoms with Crippen LogP contribution in [-0.2, 0) is 0 Å². The molecule has 30 heavy (non-hydrogen) atoms. The molecule has 0 bridgehead atoms. The van der Waals surface area contributed by atoms with Crippen molar-refractivity contribution in [2.75, 3.05) is 36.2 Å². The standard InChI is InChI=1S/C24H25N3O3/c1-24(15-25-18-7-4-3-5-8-18)16-30-22-12-11-17(13-21(22)27-24)23(28)26-19-9-6-10-20(14-19)29-2/h3-14,25,27H,15-16H2,1-2H3,(H,26,28). The Morgan fingerprint density at radius 1 is 1.07 bits per heavy atom. The average Bonchev–Trinajstić information content (AvgIpc) is 2.78. The molecule has 1 unspecified atom stereocenters. The summed E-state index contributed by atoms with van der Waals surface area (Å²) in [6.07, 6.45) is 0. The summed E-state index contributed by atoms with van der Waals surface area (Å²) in [7, 11) is 1.60. The lowest BCUT2D eigenvalue weighted by atomic mass is 10.00. The van der Waals surface area contributed by atoms with Gasteiger partial charge in [0.25, 0.3) is 5.91 Å². The first-order valence-corrected chi connectivity index (χ1v) is 9.84. The van der Waals surface area contributed by atoms with Gasteiger partial charge in [-0.1, -0.05) is 24.3 Å². The molecule has 0 saturated heterocycles. The van der Waals surface area contributed by atoms with Crippen LogP contribution in [0.25, 0.3) is 0 Å². The third-order valence-corrected chi connectivity index (χ3v) is 5.01. The van der Waals surface area contributed by atoms with E-state index in [1.54, 1.807) is 19.2 Å². The van der Waals surface area contributed by atoms with Crippen molar-refractivity contribution in [1.82, 2.24) is 0 Å². The first-order chi connectivity index (χ1) is 14.5. The van der Waals surface area contributed by atoms with E-state index in [2.05, 4.69) is 22.9 Å². The van der Waals surface area contributed by atoms with Crippen LogP contribution in [0.3, 0.4) is 0 Å². The third kappa shape index (κ3) is 4.49. The number of para-hydroxylation sites is 1. The normalized spacial score (nSPS) is 17.1. The summed E-state index contributed by atoms with van der Waals surface area (Å²) in [4.78, 5) is 12.7. The summed E-state index contributed by atoms with van der Waals surface area (Å²) in [6, 6.07) is 22.7. The number of anilines is 3. The SMILES string of the molecule is COc1cccc(NC(=O)c2ccc3c(c2)NC(C)(CNc2ccccc2)CO3)c1. The molecule has 1 atom stereocenters. The summed E-state index contributed by atoms with van der Waals surface area (Å²) < 4.78 is 11.2. The molecule has 0 saturated carbocycles. The molecule has 3 N–H and O–H groups in total. The molecule has 0 fully saturated rings. The lowest BCUT2D eigenvalue weighted by Gasteiger charge is -2.37. The highest BCUT2D eigenvalue weighted by Crippen LogP contribution is 2.34. The highest BCUT2D eigenvalue weighted by Gasteiger charge is 2.31. The molecular formula is C24H25N3O3. The number of methoxy groups -OCH3 is 1. The van der Waals surface area contributed by atoms with E-state index in [9.17, 15) is 4.79 Å². The van der Waals surface area contributed by atoms with Crippen molar-refractivity contribution in [3.05, 3.63) is 78.4 Å². The number of hydrogen-bond donors (Lipinski definition) is 3. The van der Waals surface area contributed by atoms with Crippen LogP contribution in [-0.4, -0.2) is 31.7 Å². The van der Waals surface area contributed by atoms with E-state index < -0.39 is 0 Å². The molecule has 1 aliphatic heterocycles. The van der Waals surface area contributed by atoms with Crippen LogP contribution in [0.1, 0.15) is 17.3 Å². The van der Waals surface area contributed by atoms with Crippen LogP contribution < -0.4 is 25.4 Å². The average molecular weight is 403 g/mol.